The van der Waals surface area contributed by atoms with Gasteiger partial charge in [0, 0.05) is 37.7 Å². The minimum absolute atomic E-state index is 0.0344. The number of Topliss-reactive ketones (excluding diaryl/α,β-unsaturated/α-hetero) is 1. The molecule has 4 aliphatic rings. The fourth-order valence-electron chi connectivity index (χ4n) is 7.84. The van der Waals surface area contributed by atoms with Gasteiger partial charge in [-0.05, 0) is 69.9 Å². The molecule has 5 atom stereocenters. The third-order valence-corrected chi connectivity index (χ3v) is 12.7. The van der Waals surface area contributed by atoms with Gasteiger partial charge in [-0.3, -0.25) is 19.1 Å². The van der Waals surface area contributed by atoms with E-state index in [9.17, 15) is 22.8 Å². The molecule has 4 heterocycles. The number of rotatable bonds is 8. The number of fused-ring (bicyclic) bond motifs is 3. The summed E-state index contributed by atoms with van der Waals surface area (Å²) in [5.74, 6) is -5.28. The van der Waals surface area contributed by atoms with Crippen LogP contribution in [0, 0.1) is 24.2 Å². The molecule has 7 rings (SSSR count). The Labute approximate surface area is 295 Å². The zero-order valence-electron chi connectivity index (χ0n) is 28.6. The molecule has 274 valence electrons. The minimum atomic E-state index is -3.99. The lowest BCUT2D eigenvalue weighted by Crippen LogP contribution is -2.46. The Kier molecular flexibility index (Phi) is 9.61. The van der Waals surface area contributed by atoms with E-state index in [2.05, 4.69) is 19.8 Å². The number of halogens is 2. The van der Waals surface area contributed by atoms with Crippen LogP contribution in [-0.4, -0.2) is 75.9 Å². The number of sulfonamides is 1. The van der Waals surface area contributed by atoms with E-state index in [-0.39, 0.29) is 37.6 Å². The van der Waals surface area contributed by atoms with Crippen LogP contribution < -0.4 is 9.46 Å². The molecule has 0 bridgehead atoms. The summed E-state index contributed by atoms with van der Waals surface area (Å²) in [5, 5.41) is 3.36. The van der Waals surface area contributed by atoms with E-state index in [1.165, 1.54) is 11.1 Å². The first-order valence-corrected chi connectivity index (χ1v) is 19.4. The maximum Gasteiger partial charge on any atom is 0.248 e. The lowest BCUT2D eigenvalue weighted by Gasteiger charge is -2.29. The van der Waals surface area contributed by atoms with Crippen LogP contribution in [-0.2, 0) is 30.8 Å². The summed E-state index contributed by atoms with van der Waals surface area (Å²) < 4.78 is 69.8. The number of hydrogen-bond donors (Lipinski definition) is 1. The van der Waals surface area contributed by atoms with E-state index < -0.39 is 81.5 Å². The number of para-hydroxylation sites is 2. The van der Waals surface area contributed by atoms with Crippen molar-refractivity contribution in [3.63, 3.8) is 0 Å². The fraction of sp³-hybridized carbons (Fsp3) is 0.611. The first kappa shape index (κ1) is 35.4. The number of aryl methyl sites for hydroxylation is 2. The molecule has 0 radical (unpaired) electrons. The number of amides is 2. The molecule has 51 heavy (non-hydrogen) atoms. The van der Waals surface area contributed by atoms with Crippen LogP contribution >= 0.6 is 0 Å². The van der Waals surface area contributed by atoms with Crippen LogP contribution in [0.15, 0.2) is 41.1 Å². The van der Waals surface area contributed by atoms with Gasteiger partial charge in [-0.1, -0.05) is 30.1 Å². The van der Waals surface area contributed by atoms with E-state index in [1.807, 2.05) is 18.2 Å². The summed E-state index contributed by atoms with van der Waals surface area (Å²) in [6.07, 6.45) is 2.81. The predicted molar refractivity (Wildman–Crippen MR) is 180 cm³/mol. The maximum absolute atomic E-state index is 15.3. The molecule has 2 aliphatic heterocycles. The van der Waals surface area contributed by atoms with Gasteiger partial charge in [-0.15, -0.1) is 0 Å². The number of alkyl halides is 2. The molecule has 3 aromatic rings. The molecule has 0 spiro atoms. The zero-order valence-corrected chi connectivity index (χ0v) is 29.4. The molecule has 1 N–H and O–H groups in total. The first-order valence-electron chi connectivity index (χ1n) is 17.9. The molecular weight excluding hydrogens is 684 g/mol. The molecule has 2 aromatic heterocycles. The van der Waals surface area contributed by atoms with Crippen LogP contribution in [0.5, 0.6) is 5.88 Å². The van der Waals surface area contributed by atoms with Crippen molar-refractivity contribution in [3.8, 4) is 5.88 Å². The van der Waals surface area contributed by atoms with Gasteiger partial charge in [0.25, 0.3) is 0 Å². The zero-order chi connectivity index (χ0) is 36.0. The second-order valence-electron chi connectivity index (χ2n) is 14.9. The van der Waals surface area contributed by atoms with E-state index in [0.717, 1.165) is 0 Å². The highest BCUT2D eigenvalue weighted by molar-refractivity contribution is 7.90. The molecule has 2 saturated heterocycles. The van der Waals surface area contributed by atoms with Crippen molar-refractivity contribution in [2.24, 2.45) is 17.3 Å². The highest BCUT2D eigenvalue weighted by Gasteiger charge is 2.64. The van der Waals surface area contributed by atoms with Gasteiger partial charge in [0.05, 0.1) is 46.2 Å². The second-order valence-corrected chi connectivity index (χ2v) is 16.8. The Morgan fingerprint density at radius 3 is 2.63 bits per heavy atom. The third-order valence-electron chi connectivity index (χ3n) is 10.9. The largest absolute Gasteiger partial charge is 0.471 e. The number of nitrogens with one attached hydrogen (secondary N) is 1. The summed E-state index contributed by atoms with van der Waals surface area (Å²) in [6.45, 7) is 1.85. The quantitative estimate of drug-likeness (QED) is 0.331. The van der Waals surface area contributed by atoms with Crippen LogP contribution in [0.25, 0.3) is 11.0 Å². The SMILES string of the molecule is Cc1cc(CC[C@H]2CCCCCC(F)(F)C[C@@H]3C[C@@]3(C(=O)NS(=O)(=O)C3CC3)CC(=O)[C@@H]3C[C@@H](Oc4cnc5ccccc5n4)CN3C2=O)no1. The minimum Gasteiger partial charge on any atom is -0.471 e. The number of carbonyl (C=O) groups excluding carboxylic acids is 3. The first-order chi connectivity index (χ1) is 24.3. The van der Waals surface area contributed by atoms with Gasteiger partial charge < -0.3 is 14.2 Å². The second kappa shape index (κ2) is 13.8. The third kappa shape index (κ3) is 7.92. The molecular formula is C36H43F2N5O7S. The monoisotopic (exact) mass is 727 g/mol. The van der Waals surface area contributed by atoms with Gasteiger partial charge in [-0.25, -0.2) is 27.2 Å². The Morgan fingerprint density at radius 2 is 1.88 bits per heavy atom. The summed E-state index contributed by atoms with van der Waals surface area (Å²) in [4.78, 5) is 52.9. The number of ether oxygens (including phenoxy) is 1. The van der Waals surface area contributed by atoms with E-state index in [0.29, 0.717) is 67.4 Å². The summed E-state index contributed by atoms with van der Waals surface area (Å²) in [5.41, 5.74) is 0.375. The van der Waals surface area contributed by atoms with Crippen LogP contribution in [0.2, 0.25) is 0 Å². The molecule has 15 heteroatoms. The number of hydrogen-bond acceptors (Lipinski definition) is 10. The molecule has 2 amide bonds. The van der Waals surface area contributed by atoms with Crippen LogP contribution in [0.4, 0.5) is 8.78 Å². The van der Waals surface area contributed by atoms with Crippen molar-refractivity contribution in [3.05, 3.63) is 48.0 Å². The van der Waals surface area contributed by atoms with Crippen molar-refractivity contribution in [1.82, 2.24) is 24.7 Å². The lowest BCUT2D eigenvalue weighted by atomic mass is 9.89. The Balaban J connectivity index is 1.18. The number of benzene rings is 1. The van der Waals surface area contributed by atoms with E-state index in [4.69, 9.17) is 9.26 Å². The highest BCUT2D eigenvalue weighted by atomic mass is 32.2. The number of ketones is 1. The molecule has 0 unspecified atom stereocenters. The van der Waals surface area contributed by atoms with Gasteiger partial charge in [0.15, 0.2) is 5.78 Å². The Bertz CT molecular complexity index is 1920. The molecule has 2 aliphatic carbocycles. The van der Waals surface area contributed by atoms with Gasteiger partial charge >= 0.3 is 0 Å². The number of carbonyl (C=O) groups is 3. The topological polar surface area (TPSA) is 162 Å². The number of aromatic nitrogens is 3. The smallest absolute Gasteiger partial charge is 0.248 e. The normalized spacial score (nSPS) is 28.7. The molecule has 12 nitrogen and oxygen atoms in total. The van der Waals surface area contributed by atoms with Crippen LogP contribution in [0.1, 0.15) is 88.5 Å². The summed E-state index contributed by atoms with van der Waals surface area (Å²) >= 11 is 0. The summed E-state index contributed by atoms with van der Waals surface area (Å²) in [6, 6.07) is 8.08. The average Bonchev–Trinajstić information content (AvgIpc) is 3.97. The Morgan fingerprint density at radius 1 is 1.10 bits per heavy atom. The van der Waals surface area contributed by atoms with Crippen molar-refractivity contribution < 1.29 is 40.8 Å². The van der Waals surface area contributed by atoms with Crippen molar-refractivity contribution >= 4 is 38.7 Å². The lowest BCUT2D eigenvalue weighted by molar-refractivity contribution is -0.142. The molecule has 2 saturated carbocycles. The number of nitrogens with zero attached hydrogens (tertiary/aromatic N) is 4. The average molecular weight is 728 g/mol. The highest BCUT2D eigenvalue weighted by Crippen LogP contribution is 2.60. The Hall–Kier alpha value is -4.01. The van der Waals surface area contributed by atoms with E-state index in [1.54, 1.807) is 19.1 Å². The maximum atomic E-state index is 15.3. The van der Waals surface area contributed by atoms with Crippen molar-refractivity contribution in [1.29, 1.82) is 0 Å². The summed E-state index contributed by atoms with van der Waals surface area (Å²) in [7, 11) is -3.99. The van der Waals surface area contributed by atoms with Gasteiger partial charge in [0.1, 0.15) is 11.9 Å². The van der Waals surface area contributed by atoms with Gasteiger partial charge in [-0.2, -0.15) is 0 Å². The van der Waals surface area contributed by atoms with Crippen molar-refractivity contribution in [2.75, 3.05) is 6.54 Å². The van der Waals surface area contributed by atoms with Gasteiger partial charge in [0.2, 0.25) is 33.6 Å². The molecule has 1 aromatic carbocycles. The fourth-order valence-corrected chi connectivity index (χ4v) is 9.23. The van der Waals surface area contributed by atoms with E-state index >= 15 is 8.78 Å². The predicted octanol–water partition coefficient (Wildman–Crippen LogP) is 5.09. The molecule has 4 fully saturated rings. The van der Waals surface area contributed by atoms with Crippen LogP contribution in [0.3, 0.4) is 0 Å². The van der Waals surface area contributed by atoms with Crippen molar-refractivity contribution in [2.45, 2.75) is 114 Å². The standard InChI is InChI=1S/C36H43F2N5O7S/c1-22-15-25(41-50-22)11-10-23-7-3-2-6-14-36(37,38)18-24-17-35(24,34(46)42-51(47,48)27-12-13-27)19-31(44)30-16-26(21-43(30)33(23)45)49-32-20-39-28-8-4-5-9-29(28)40-32/h4-5,8-9,15,20,23-24,26-27,30H,2-3,6-7,10-14,16-19,21H2,1H3,(H,42,46)/t23-,24+,26-,30+,35-/m1/s1.